The first-order chi connectivity index (χ1) is 13.5. The van der Waals surface area contributed by atoms with Gasteiger partial charge in [0.1, 0.15) is 0 Å². The van der Waals surface area contributed by atoms with Crippen molar-refractivity contribution in [1.82, 2.24) is 19.9 Å². The quantitative estimate of drug-likeness (QED) is 0.776. The van der Waals surface area contributed by atoms with Gasteiger partial charge in [0.25, 0.3) is 5.91 Å². The second-order valence-corrected chi connectivity index (χ2v) is 7.80. The minimum Gasteiger partial charge on any atom is -0.491 e. The number of aromatic nitrogens is 3. The molecule has 1 amide bonds. The van der Waals surface area contributed by atoms with Gasteiger partial charge >= 0.3 is 0 Å². The first-order valence-corrected chi connectivity index (χ1v) is 9.99. The maximum atomic E-state index is 13.4. The number of hydrogen-bond donors (Lipinski definition) is 1. The van der Waals surface area contributed by atoms with Crippen molar-refractivity contribution < 1.29 is 9.53 Å². The van der Waals surface area contributed by atoms with Crippen LogP contribution in [0.4, 0.5) is 5.95 Å². The molecule has 0 spiro atoms. The summed E-state index contributed by atoms with van der Waals surface area (Å²) in [5.41, 5.74) is 2.25. The first kappa shape index (κ1) is 21.3. The Balaban J connectivity index is 0.00000240. The van der Waals surface area contributed by atoms with Crippen molar-refractivity contribution in [2.75, 3.05) is 25.0 Å². The summed E-state index contributed by atoms with van der Waals surface area (Å²) in [6, 6.07) is 3.82. The standard InChI is InChI=1S/C21H27N5O2.ClH/c1-4-28-18-6-5-14(3)25-19(18)20(27)26-12-16-7-15(16)8-17(26)11-24-21-22-9-13(2)10-23-21;/h5-6,9-10,15-17H,4,7-8,11-12H2,1-3H3,(H,22,23,24);1H/t15-,16+,17+;/m1./s1. The minimum absolute atomic E-state index is 0. The van der Waals surface area contributed by atoms with E-state index in [9.17, 15) is 4.79 Å². The fraction of sp³-hybridized carbons (Fsp3) is 0.524. The maximum absolute atomic E-state index is 13.4. The number of ether oxygens (including phenoxy) is 1. The average molecular weight is 418 g/mol. The van der Waals surface area contributed by atoms with Gasteiger partial charge in [0, 0.05) is 37.2 Å². The summed E-state index contributed by atoms with van der Waals surface area (Å²) in [7, 11) is 0. The summed E-state index contributed by atoms with van der Waals surface area (Å²) in [5.74, 6) is 2.46. The lowest BCUT2D eigenvalue weighted by Gasteiger charge is -2.35. The molecule has 2 aromatic heterocycles. The molecule has 3 atom stereocenters. The summed E-state index contributed by atoms with van der Waals surface area (Å²) in [6.45, 7) is 7.69. The van der Waals surface area contributed by atoms with Gasteiger partial charge in [-0.2, -0.15) is 0 Å². The first-order valence-electron chi connectivity index (χ1n) is 9.99. The Morgan fingerprint density at radius 1 is 1.21 bits per heavy atom. The molecule has 0 radical (unpaired) electrons. The molecule has 1 N–H and O–H groups in total. The smallest absolute Gasteiger partial charge is 0.276 e. The lowest BCUT2D eigenvalue weighted by Crippen LogP contribution is -2.48. The van der Waals surface area contributed by atoms with E-state index in [1.165, 1.54) is 6.42 Å². The van der Waals surface area contributed by atoms with Crippen LogP contribution in [-0.4, -0.2) is 51.5 Å². The molecule has 0 unspecified atom stereocenters. The fourth-order valence-corrected chi connectivity index (χ4v) is 3.94. The number of rotatable bonds is 6. The SMILES string of the molecule is CCOc1ccc(C)nc1C(=O)N1C[C@@H]2C[C@@H]2C[C@H]1CNc1ncc(C)cn1.Cl. The van der Waals surface area contributed by atoms with Crippen LogP contribution in [0.3, 0.4) is 0 Å². The van der Waals surface area contributed by atoms with Crippen LogP contribution in [0.2, 0.25) is 0 Å². The molecule has 3 heterocycles. The highest BCUT2D eigenvalue weighted by molar-refractivity contribution is 5.95. The zero-order chi connectivity index (χ0) is 19.7. The average Bonchev–Trinajstić information content (AvgIpc) is 3.46. The van der Waals surface area contributed by atoms with Crippen LogP contribution in [-0.2, 0) is 0 Å². The van der Waals surface area contributed by atoms with Crippen LogP contribution < -0.4 is 10.1 Å². The number of hydrogen-bond acceptors (Lipinski definition) is 6. The van der Waals surface area contributed by atoms with E-state index >= 15 is 0 Å². The molecule has 0 aromatic carbocycles. The van der Waals surface area contributed by atoms with E-state index in [2.05, 4.69) is 20.3 Å². The third-order valence-corrected chi connectivity index (χ3v) is 5.55. The number of carbonyl (C=O) groups excluding carboxylic acids is 1. The Kier molecular flexibility index (Phi) is 6.57. The molecule has 7 nitrogen and oxygen atoms in total. The van der Waals surface area contributed by atoms with Crippen LogP contribution in [0.25, 0.3) is 0 Å². The molecule has 8 heteroatoms. The molecule has 4 rings (SSSR count). The Hall–Kier alpha value is -2.41. The lowest BCUT2D eigenvalue weighted by molar-refractivity contribution is 0.0605. The largest absolute Gasteiger partial charge is 0.491 e. The van der Waals surface area contributed by atoms with Crippen molar-refractivity contribution >= 4 is 24.3 Å². The second-order valence-electron chi connectivity index (χ2n) is 7.80. The number of piperidine rings is 1. The van der Waals surface area contributed by atoms with Crippen LogP contribution in [0.1, 0.15) is 41.5 Å². The van der Waals surface area contributed by atoms with Gasteiger partial charge in [-0.1, -0.05) is 0 Å². The van der Waals surface area contributed by atoms with Crippen molar-refractivity contribution in [3.8, 4) is 5.75 Å². The van der Waals surface area contributed by atoms with Gasteiger partial charge in [0.2, 0.25) is 5.95 Å². The number of halogens is 1. The highest BCUT2D eigenvalue weighted by Gasteiger charge is 2.47. The molecular formula is C21H28ClN5O2. The summed E-state index contributed by atoms with van der Waals surface area (Å²) in [4.78, 5) is 28.5. The number of amides is 1. The number of likely N-dealkylation sites (tertiary alicyclic amines) is 1. The number of aryl methyl sites for hydroxylation is 2. The number of pyridine rings is 1. The Labute approximate surface area is 177 Å². The minimum atomic E-state index is -0.0471. The summed E-state index contributed by atoms with van der Waals surface area (Å²) in [5, 5.41) is 3.30. The summed E-state index contributed by atoms with van der Waals surface area (Å²) >= 11 is 0. The lowest BCUT2D eigenvalue weighted by atomic mass is 10.0. The van der Waals surface area contributed by atoms with E-state index in [1.807, 2.05) is 37.8 Å². The molecular weight excluding hydrogens is 390 g/mol. The van der Waals surface area contributed by atoms with Crippen molar-refractivity contribution in [2.45, 2.75) is 39.7 Å². The highest BCUT2D eigenvalue weighted by Crippen LogP contribution is 2.47. The molecule has 2 aromatic rings. The summed E-state index contributed by atoms with van der Waals surface area (Å²) < 4.78 is 5.67. The molecule has 156 valence electrons. The second kappa shape index (κ2) is 8.95. The van der Waals surface area contributed by atoms with Gasteiger partial charge in [-0.3, -0.25) is 4.79 Å². The predicted molar refractivity (Wildman–Crippen MR) is 114 cm³/mol. The summed E-state index contributed by atoms with van der Waals surface area (Å²) in [6.07, 6.45) is 5.80. The molecule has 0 bridgehead atoms. The van der Waals surface area contributed by atoms with E-state index in [1.54, 1.807) is 12.4 Å². The van der Waals surface area contributed by atoms with Gasteiger partial charge in [-0.25, -0.2) is 15.0 Å². The third-order valence-electron chi connectivity index (χ3n) is 5.55. The monoisotopic (exact) mass is 417 g/mol. The van der Waals surface area contributed by atoms with Gasteiger partial charge in [-0.05, 0) is 63.1 Å². The molecule has 2 aliphatic rings. The van der Waals surface area contributed by atoms with Crippen LogP contribution >= 0.6 is 12.4 Å². The highest BCUT2D eigenvalue weighted by atomic mass is 35.5. The Bertz CT molecular complexity index is 861. The molecule has 1 saturated carbocycles. The number of anilines is 1. The topological polar surface area (TPSA) is 80.2 Å². The van der Waals surface area contributed by atoms with Gasteiger partial charge in [0.05, 0.1) is 6.61 Å². The van der Waals surface area contributed by atoms with Gasteiger partial charge in [0.15, 0.2) is 11.4 Å². The molecule has 29 heavy (non-hydrogen) atoms. The van der Waals surface area contributed by atoms with Crippen molar-refractivity contribution in [3.05, 3.63) is 41.5 Å². The zero-order valence-electron chi connectivity index (χ0n) is 17.1. The van der Waals surface area contributed by atoms with E-state index < -0.39 is 0 Å². The Morgan fingerprint density at radius 2 is 1.97 bits per heavy atom. The van der Waals surface area contributed by atoms with Crippen LogP contribution in [0.15, 0.2) is 24.5 Å². The van der Waals surface area contributed by atoms with Crippen molar-refractivity contribution in [2.24, 2.45) is 11.8 Å². The Morgan fingerprint density at radius 3 is 2.69 bits per heavy atom. The van der Waals surface area contributed by atoms with Crippen molar-refractivity contribution in [3.63, 3.8) is 0 Å². The maximum Gasteiger partial charge on any atom is 0.276 e. The van der Waals surface area contributed by atoms with Gasteiger partial charge < -0.3 is 15.0 Å². The molecule has 2 fully saturated rings. The molecule has 1 aliphatic carbocycles. The number of fused-ring (bicyclic) bond motifs is 1. The zero-order valence-corrected chi connectivity index (χ0v) is 17.9. The molecule has 1 saturated heterocycles. The molecule has 1 aliphatic heterocycles. The van der Waals surface area contributed by atoms with Crippen LogP contribution in [0.5, 0.6) is 5.75 Å². The van der Waals surface area contributed by atoms with E-state index in [0.717, 1.165) is 30.1 Å². The van der Waals surface area contributed by atoms with Gasteiger partial charge in [-0.15, -0.1) is 12.4 Å². The number of carbonyl (C=O) groups is 1. The van der Waals surface area contributed by atoms with Crippen molar-refractivity contribution in [1.29, 1.82) is 0 Å². The van der Waals surface area contributed by atoms with E-state index in [4.69, 9.17) is 4.74 Å². The van der Waals surface area contributed by atoms with E-state index in [-0.39, 0.29) is 24.4 Å². The fourth-order valence-electron chi connectivity index (χ4n) is 3.94. The predicted octanol–water partition coefficient (Wildman–Crippen LogP) is 3.27. The normalized spacial score (nSPS) is 22.3. The van der Waals surface area contributed by atoms with Crippen LogP contribution in [0, 0.1) is 25.7 Å². The number of nitrogens with one attached hydrogen (secondary N) is 1. The third kappa shape index (κ3) is 4.78. The van der Waals surface area contributed by atoms with E-state index in [0.29, 0.717) is 36.5 Å². The number of nitrogens with zero attached hydrogens (tertiary/aromatic N) is 4.